The molecule has 0 fully saturated rings. The predicted molar refractivity (Wildman–Crippen MR) is 67.6 cm³/mol. The lowest BCUT2D eigenvalue weighted by molar-refractivity contribution is 0.456. The lowest BCUT2D eigenvalue weighted by Crippen LogP contribution is -2.21. The maximum Gasteiger partial charge on any atom is 0.141 e. The maximum atomic E-state index is 13.2. The molecule has 2 rings (SSSR count). The smallest absolute Gasteiger partial charge is 0.141 e. The van der Waals surface area contributed by atoms with E-state index in [1.165, 1.54) is 12.3 Å². The van der Waals surface area contributed by atoms with Gasteiger partial charge in [-0.3, -0.25) is 4.98 Å². The van der Waals surface area contributed by atoms with E-state index in [4.69, 9.17) is 4.42 Å². The predicted octanol–water partition coefficient (Wildman–Crippen LogP) is 3.10. The Hall–Kier alpha value is -1.68. The van der Waals surface area contributed by atoms with E-state index in [0.29, 0.717) is 0 Å². The van der Waals surface area contributed by atoms with Gasteiger partial charge in [0.1, 0.15) is 11.6 Å². The Morgan fingerprint density at radius 3 is 3.00 bits per heavy atom. The van der Waals surface area contributed by atoms with E-state index in [1.54, 1.807) is 12.5 Å². The third kappa shape index (κ3) is 3.40. The molecule has 1 unspecified atom stereocenters. The number of aromatic nitrogens is 1. The first kappa shape index (κ1) is 12.8. The third-order valence-corrected chi connectivity index (χ3v) is 2.84. The fraction of sp³-hybridized carbons (Fsp3) is 0.357. The minimum Gasteiger partial charge on any atom is -0.469 e. The molecule has 0 saturated carbocycles. The largest absolute Gasteiger partial charge is 0.469 e. The average molecular weight is 248 g/mol. The number of halogens is 1. The topological polar surface area (TPSA) is 38.1 Å². The van der Waals surface area contributed by atoms with E-state index < -0.39 is 0 Å². The normalized spacial score (nSPS) is 12.6. The van der Waals surface area contributed by atoms with Crippen LogP contribution in [0.15, 0.2) is 41.3 Å². The number of aryl methyl sites for hydroxylation is 1. The summed E-state index contributed by atoms with van der Waals surface area (Å²) in [5, 5.41) is 3.34. The molecule has 1 N–H and O–H groups in total. The van der Waals surface area contributed by atoms with E-state index in [2.05, 4.69) is 10.3 Å². The van der Waals surface area contributed by atoms with Gasteiger partial charge in [0.05, 0.1) is 12.5 Å². The molecule has 2 aromatic rings. The van der Waals surface area contributed by atoms with Crippen LogP contribution < -0.4 is 5.32 Å². The molecule has 0 aliphatic heterocycles. The van der Waals surface area contributed by atoms with Gasteiger partial charge in [-0.15, -0.1) is 0 Å². The Balaban J connectivity index is 2.03. The standard InChI is InChI=1S/C14H17FN2O/c1-2-17-14(6-5-13-4-3-7-18-13)11-8-12(15)10-16-9-11/h3-4,7-10,14,17H,2,5-6H2,1H3. The molecule has 4 heteroatoms. The monoisotopic (exact) mass is 248 g/mol. The lowest BCUT2D eigenvalue weighted by atomic mass is 10.0. The molecule has 3 nitrogen and oxygen atoms in total. The Labute approximate surface area is 106 Å². The molecule has 2 heterocycles. The van der Waals surface area contributed by atoms with Gasteiger partial charge in [-0.2, -0.15) is 0 Å². The molecule has 0 aromatic carbocycles. The fourth-order valence-electron chi connectivity index (χ4n) is 1.99. The van der Waals surface area contributed by atoms with Crippen LogP contribution >= 0.6 is 0 Å². The van der Waals surface area contributed by atoms with Crippen molar-refractivity contribution in [1.29, 1.82) is 0 Å². The van der Waals surface area contributed by atoms with Crippen LogP contribution in [0.2, 0.25) is 0 Å². The van der Waals surface area contributed by atoms with Crippen LogP contribution in [0, 0.1) is 5.82 Å². The summed E-state index contributed by atoms with van der Waals surface area (Å²) < 4.78 is 18.5. The molecule has 2 aromatic heterocycles. The number of nitrogens with one attached hydrogen (secondary N) is 1. The van der Waals surface area contributed by atoms with Gasteiger partial charge in [0.15, 0.2) is 0 Å². The van der Waals surface area contributed by atoms with Crippen molar-refractivity contribution in [3.8, 4) is 0 Å². The lowest BCUT2D eigenvalue weighted by Gasteiger charge is -2.17. The van der Waals surface area contributed by atoms with Gasteiger partial charge in [-0.1, -0.05) is 6.92 Å². The van der Waals surface area contributed by atoms with Crippen LogP contribution in [0.5, 0.6) is 0 Å². The van der Waals surface area contributed by atoms with E-state index >= 15 is 0 Å². The van der Waals surface area contributed by atoms with Crippen molar-refractivity contribution in [2.75, 3.05) is 6.54 Å². The summed E-state index contributed by atoms with van der Waals surface area (Å²) >= 11 is 0. The average Bonchev–Trinajstić information content (AvgIpc) is 2.87. The summed E-state index contributed by atoms with van der Waals surface area (Å²) in [5.41, 5.74) is 0.878. The van der Waals surface area contributed by atoms with Gasteiger partial charge in [-0.25, -0.2) is 4.39 Å². The molecule has 1 atom stereocenters. The van der Waals surface area contributed by atoms with Gasteiger partial charge < -0.3 is 9.73 Å². The number of rotatable bonds is 6. The number of hydrogen-bond acceptors (Lipinski definition) is 3. The van der Waals surface area contributed by atoms with Crippen molar-refractivity contribution in [2.24, 2.45) is 0 Å². The molecule has 0 amide bonds. The van der Waals surface area contributed by atoms with Crippen molar-refractivity contribution in [2.45, 2.75) is 25.8 Å². The molecule has 0 spiro atoms. The molecular weight excluding hydrogens is 231 g/mol. The van der Waals surface area contributed by atoms with Crippen molar-refractivity contribution < 1.29 is 8.81 Å². The van der Waals surface area contributed by atoms with Crippen LogP contribution in [0.25, 0.3) is 0 Å². The van der Waals surface area contributed by atoms with Crippen LogP contribution in [0.4, 0.5) is 4.39 Å². The van der Waals surface area contributed by atoms with Crippen LogP contribution in [0.1, 0.15) is 30.7 Å². The molecule has 0 aliphatic rings. The highest BCUT2D eigenvalue weighted by atomic mass is 19.1. The van der Waals surface area contributed by atoms with E-state index in [1.807, 2.05) is 19.1 Å². The molecule has 0 aliphatic carbocycles. The molecule has 0 bridgehead atoms. The zero-order chi connectivity index (χ0) is 12.8. The van der Waals surface area contributed by atoms with E-state index in [0.717, 1.165) is 30.7 Å². The molecule has 0 saturated heterocycles. The highest BCUT2D eigenvalue weighted by Gasteiger charge is 2.12. The fourth-order valence-corrected chi connectivity index (χ4v) is 1.99. The Morgan fingerprint density at radius 2 is 2.33 bits per heavy atom. The number of hydrogen-bond donors (Lipinski definition) is 1. The number of nitrogens with zero attached hydrogens (tertiary/aromatic N) is 1. The molecule has 0 radical (unpaired) electrons. The minimum absolute atomic E-state index is 0.100. The molecule has 18 heavy (non-hydrogen) atoms. The van der Waals surface area contributed by atoms with Gasteiger partial charge in [0.2, 0.25) is 0 Å². The quantitative estimate of drug-likeness (QED) is 0.853. The summed E-state index contributed by atoms with van der Waals surface area (Å²) in [6.07, 6.45) is 6.27. The van der Waals surface area contributed by atoms with Gasteiger partial charge >= 0.3 is 0 Å². The van der Waals surface area contributed by atoms with Gasteiger partial charge in [0.25, 0.3) is 0 Å². The van der Waals surface area contributed by atoms with Gasteiger partial charge in [-0.05, 0) is 36.7 Å². The Bertz CT molecular complexity index is 470. The summed E-state index contributed by atoms with van der Waals surface area (Å²) in [4.78, 5) is 3.89. The Morgan fingerprint density at radius 1 is 1.44 bits per heavy atom. The first-order valence-electron chi connectivity index (χ1n) is 6.16. The SMILES string of the molecule is CCNC(CCc1ccco1)c1cncc(F)c1. The first-order valence-corrected chi connectivity index (χ1v) is 6.16. The first-order chi connectivity index (χ1) is 8.79. The number of pyridine rings is 1. The van der Waals surface area contributed by atoms with Gasteiger partial charge in [0, 0.05) is 18.7 Å². The van der Waals surface area contributed by atoms with Crippen LogP contribution in [0.3, 0.4) is 0 Å². The number of furan rings is 1. The van der Waals surface area contributed by atoms with E-state index in [-0.39, 0.29) is 11.9 Å². The summed E-state index contributed by atoms with van der Waals surface area (Å²) in [7, 11) is 0. The zero-order valence-electron chi connectivity index (χ0n) is 10.4. The molecule has 96 valence electrons. The van der Waals surface area contributed by atoms with Crippen molar-refractivity contribution in [1.82, 2.24) is 10.3 Å². The molecular formula is C14H17FN2O. The zero-order valence-corrected chi connectivity index (χ0v) is 10.4. The van der Waals surface area contributed by atoms with Crippen LogP contribution in [-0.2, 0) is 6.42 Å². The van der Waals surface area contributed by atoms with Crippen LogP contribution in [-0.4, -0.2) is 11.5 Å². The van der Waals surface area contributed by atoms with Crippen molar-refractivity contribution >= 4 is 0 Å². The highest BCUT2D eigenvalue weighted by Crippen LogP contribution is 2.19. The Kier molecular flexibility index (Phi) is 4.47. The second-order valence-corrected chi connectivity index (χ2v) is 4.16. The summed E-state index contributed by atoms with van der Waals surface area (Å²) in [6, 6.07) is 5.46. The van der Waals surface area contributed by atoms with Crippen molar-refractivity contribution in [3.05, 3.63) is 54.0 Å². The van der Waals surface area contributed by atoms with Crippen molar-refractivity contribution in [3.63, 3.8) is 0 Å². The second-order valence-electron chi connectivity index (χ2n) is 4.16. The maximum absolute atomic E-state index is 13.2. The highest BCUT2D eigenvalue weighted by molar-refractivity contribution is 5.15. The summed E-state index contributed by atoms with van der Waals surface area (Å²) in [5.74, 6) is 0.649. The van der Waals surface area contributed by atoms with E-state index in [9.17, 15) is 4.39 Å². The third-order valence-electron chi connectivity index (χ3n) is 2.84. The summed E-state index contributed by atoms with van der Waals surface area (Å²) in [6.45, 7) is 2.87. The second kappa shape index (κ2) is 6.31. The minimum atomic E-state index is -0.298.